The molecule has 5 unspecified atom stereocenters. The van der Waals surface area contributed by atoms with Gasteiger partial charge >= 0.3 is 0 Å². The third-order valence-electron chi connectivity index (χ3n) is 5.79. The average molecular weight is 252 g/mol. The molecule has 1 rings (SSSR count). The summed E-state index contributed by atoms with van der Waals surface area (Å²) in [4.78, 5) is 0. The Labute approximate surface area is 116 Å². The molecule has 1 aliphatic carbocycles. The van der Waals surface area contributed by atoms with Crippen molar-refractivity contribution in [3.05, 3.63) is 0 Å². The molecule has 0 heteroatoms. The largest absolute Gasteiger partial charge is 0.0654 e. The van der Waals surface area contributed by atoms with E-state index in [1.54, 1.807) is 0 Å². The Kier molecular flexibility index (Phi) is 6.21. The second-order valence-electron chi connectivity index (χ2n) is 7.38. The maximum absolute atomic E-state index is 2.56. The van der Waals surface area contributed by atoms with Gasteiger partial charge in [0.25, 0.3) is 0 Å². The molecule has 0 amide bonds. The molecule has 0 aromatic carbocycles. The van der Waals surface area contributed by atoms with Crippen molar-refractivity contribution in [2.24, 2.45) is 29.1 Å². The quantitative estimate of drug-likeness (QED) is 0.498. The first kappa shape index (κ1) is 16.1. The average Bonchev–Trinajstić information content (AvgIpc) is 2.55. The Morgan fingerprint density at radius 3 is 2.33 bits per heavy atom. The van der Waals surface area contributed by atoms with Crippen LogP contribution in [0.25, 0.3) is 0 Å². The van der Waals surface area contributed by atoms with Crippen LogP contribution in [0.3, 0.4) is 0 Å². The van der Waals surface area contributed by atoms with Gasteiger partial charge in [-0.3, -0.25) is 0 Å². The summed E-state index contributed by atoms with van der Waals surface area (Å²) in [5.41, 5.74) is 0.631. The Bertz CT molecular complexity index is 232. The fraction of sp³-hybridized carbons (Fsp3) is 1.00. The minimum atomic E-state index is 0.631. The molecule has 18 heavy (non-hydrogen) atoms. The lowest BCUT2D eigenvalue weighted by molar-refractivity contribution is 0.154. The first-order valence-corrected chi connectivity index (χ1v) is 8.48. The Morgan fingerprint density at radius 1 is 1.17 bits per heavy atom. The van der Waals surface area contributed by atoms with Gasteiger partial charge in [0.2, 0.25) is 0 Å². The van der Waals surface area contributed by atoms with Crippen molar-refractivity contribution in [1.29, 1.82) is 0 Å². The molecule has 0 aliphatic heterocycles. The van der Waals surface area contributed by atoms with Crippen LogP contribution in [0.2, 0.25) is 0 Å². The third kappa shape index (κ3) is 3.52. The van der Waals surface area contributed by atoms with Crippen LogP contribution in [0.4, 0.5) is 0 Å². The van der Waals surface area contributed by atoms with Crippen LogP contribution in [0.15, 0.2) is 0 Å². The van der Waals surface area contributed by atoms with Crippen LogP contribution < -0.4 is 0 Å². The number of rotatable bonds is 7. The monoisotopic (exact) mass is 252 g/mol. The van der Waals surface area contributed by atoms with E-state index >= 15 is 0 Å². The van der Waals surface area contributed by atoms with Gasteiger partial charge in [0, 0.05) is 0 Å². The molecule has 1 fully saturated rings. The van der Waals surface area contributed by atoms with Crippen LogP contribution in [-0.2, 0) is 0 Å². The highest BCUT2D eigenvalue weighted by Crippen LogP contribution is 2.55. The summed E-state index contributed by atoms with van der Waals surface area (Å²) in [5, 5.41) is 0. The van der Waals surface area contributed by atoms with E-state index in [9.17, 15) is 0 Å². The summed E-state index contributed by atoms with van der Waals surface area (Å²) in [6.07, 6.45) is 9.92. The van der Waals surface area contributed by atoms with Crippen molar-refractivity contribution in [2.45, 2.75) is 86.5 Å². The standard InChI is InChI=1S/C18H36/c1-7-10-14(4)12-16-15(5)13-18(6,9-3)17(16)11-8-2/h14-17H,7-13H2,1-6H3. The van der Waals surface area contributed by atoms with Crippen LogP contribution in [0, 0.1) is 29.1 Å². The summed E-state index contributed by atoms with van der Waals surface area (Å²) < 4.78 is 0. The normalized spacial score (nSPS) is 38.0. The smallest absolute Gasteiger partial charge is 0.0295 e. The van der Waals surface area contributed by atoms with Gasteiger partial charge in [0.1, 0.15) is 0 Å². The fourth-order valence-electron chi connectivity index (χ4n) is 4.70. The molecule has 0 aromatic heterocycles. The molecule has 0 spiro atoms. The molecule has 1 saturated carbocycles. The van der Waals surface area contributed by atoms with Crippen LogP contribution >= 0.6 is 0 Å². The highest BCUT2D eigenvalue weighted by molar-refractivity contribution is 4.96. The molecule has 0 heterocycles. The van der Waals surface area contributed by atoms with Crippen LogP contribution in [0.1, 0.15) is 86.5 Å². The van der Waals surface area contributed by atoms with Gasteiger partial charge in [-0.25, -0.2) is 0 Å². The molecule has 108 valence electrons. The van der Waals surface area contributed by atoms with Gasteiger partial charge in [0.15, 0.2) is 0 Å². The van der Waals surface area contributed by atoms with E-state index in [0.29, 0.717) is 5.41 Å². The SMILES string of the molecule is CCCC(C)CC1C(C)CC(C)(CC)C1CCC. The predicted octanol–water partition coefficient (Wildman–Crippen LogP) is 6.30. The summed E-state index contributed by atoms with van der Waals surface area (Å²) >= 11 is 0. The summed E-state index contributed by atoms with van der Waals surface area (Å²) in [6.45, 7) is 14.7. The van der Waals surface area contributed by atoms with Gasteiger partial charge in [0.05, 0.1) is 0 Å². The van der Waals surface area contributed by atoms with Gasteiger partial charge < -0.3 is 0 Å². The van der Waals surface area contributed by atoms with Crippen molar-refractivity contribution < 1.29 is 0 Å². The van der Waals surface area contributed by atoms with Gasteiger partial charge in [-0.1, -0.05) is 67.2 Å². The lowest BCUT2D eigenvalue weighted by Gasteiger charge is -2.34. The Balaban J connectivity index is 2.74. The van der Waals surface area contributed by atoms with E-state index in [4.69, 9.17) is 0 Å². The molecule has 0 bridgehead atoms. The van der Waals surface area contributed by atoms with E-state index in [0.717, 1.165) is 23.7 Å². The maximum Gasteiger partial charge on any atom is -0.0295 e. The van der Waals surface area contributed by atoms with Crippen molar-refractivity contribution >= 4 is 0 Å². The van der Waals surface area contributed by atoms with E-state index in [-0.39, 0.29) is 0 Å². The molecule has 0 nitrogen and oxygen atoms in total. The highest BCUT2D eigenvalue weighted by atomic mass is 14.5. The first-order valence-electron chi connectivity index (χ1n) is 8.48. The zero-order chi connectivity index (χ0) is 13.8. The first-order chi connectivity index (χ1) is 8.48. The van der Waals surface area contributed by atoms with E-state index in [1.807, 2.05) is 0 Å². The van der Waals surface area contributed by atoms with E-state index in [2.05, 4.69) is 41.5 Å². The molecular weight excluding hydrogens is 216 g/mol. The maximum atomic E-state index is 2.56. The van der Waals surface area contributed by atoms with Crippen molar-refractivity contribution in [3.8, 4) is 0 Å². The van der Waals surface area contributed by atoms with Gasteiger partial charge in [-0.15, -0.1) is 0 Å². The molecule has 5 atom stereocenters. The van der Waals surface area contributed by atoms with Gasteiger partial charge in [-0.2, -0.15) is 0 Å². The van der Waals surface area contributed by atoms with Crippen molar-refractivity contribution in [1.82, 2.24) is 0 Å². The molecular formula is C18H36. The lowest BCUT2D eigenvalue weighted by Crippen LogP contribution is -2.26. The minimum absolute atomic E-state index is 0.631. The highest BCUT2D eigenvalue weighted by Gasteiger charge is 2.46. The molecule has 0 saturated heterocycles. The Morgan fingerprint density at radius 2 is 1.83 bits per heavy atom. The zero-order valence-electron chi connectivity index (χ0n) is 13.8. The third-order valence-corrected chi connectivity index (χ3v) is 5.79. The molecule has 0 radical (unpaired) electrons. The van der Waals surface area contributed by atoms with E-state index < -0.39 is 0 Å². The molecule has 0 N–H and O–H groups in total. The summed E-state index contributed by atoms with van der Waals surface area (Å²) in [7, 11) is 0. The van der Waals surface area contributed by atoms with Crippen molar-refractivity contribution in [2.75, 3.05) is 0 Å². The second kappa shape index (κ2) is 6.96. The van der Waals surface area contributed by atoms with Crippen LogP contribution in [0.5, 0.6) is 0 Å². The van der Waals surface area contributed by atoms with Crippen molar-refractivity contribution in [3.63, 3.8) is 0 Å². The fourth-order valence-corrected chi connectivity index (χ4v) is 4.70. The lowest BCUT2D eigenvalue weighted by atomic mass is 9.71. The van der Waals surface area contributed by atoms with Gasteiger partial charge in [-0.05, 0) is 48.3 Å². The van der Waals surface area contributed by atoms with E-state index in [1.165, 1.54) is 44.9 Å². The predicted molar refractivity (Wildman–Crippen MR) is 82.8 cm³/mol. The topological polar surface area (TPSA) is 0 Å². The second-order valence-corrected chi connectivity index (χ2v) is 7.38. The Hall–Kier alpha value is 0. The number of hydrogen-bond acceptors (Lipinski definition) is 0. The minimum Gasteiger partial charge on any atom is -0.0654 e. The zero-order valence-corrected chi connectivity index (χ0v) is 13.8. The summed E-state index contributed by atoms with van der Waals surface area (Å²) in [6, 6.07) is 0. The molecule has 0 aromatic rings. The van der Waals surface area contributed by atoms with Crippen LogP contribution in [-0.4, -0.2) is 0 Å². The molecule has 1 aliphatic rings. The number of hydrogen-bond donors (Lipinski definition) is 0. The summed E-state index contributed by atoms with van der Waals surface area (Å²) in [5.74, 6) is 3.87.